The van der Waals surface area contributed by atoms with E-state index in [9.17, 15) is 4.79 Å². The van der Waals surface area contributed by atoms with Gasteiger partial charge in [-0.2, -0.15) is 0 Å². The molecule has 0 spiro atoms. The molecule has 2 aromatic carbocycles. The third-order valence-electron chi connectivity index (χ3n) is 3.23. The summed E-state index contributed by atoms with van der Waals surface area (Å²) in [7, 11) is 1.61. The number of hydrogen-bond acceptors (Lipinski definition) is 4. The van der Waals surface area contributed by atoms with Gasteiger partial charge in [-0.05, 0) is 24.3 Å². The van der Waals surface area contributed by atoms with Gasteiger partial charge in [0.25, 0.3) is 0 Å². The Kier molecular flexibility index (Phi) is 5.18. The topological polar surface area (TPSA) is 67.0 Å². The number of nitrogens with zero attached hydrogens (tertiary/aromatic N) is 1. The lowest BCUT2D eigenvalue weighted by Gasteiger charge is -2.08. The van der Waals surface area contributed by atoms with Crippen molar-refractivity contribution in [2.24, 2.45) is 0 Å². The largest absolute Gasteiger partial charge is 0.497 e. The summed E-state index contributed by atoms with van der Waals surface area (Å²) in [5, 5.41) is 4.17. The number of methoxy groups -OCH3 is 1. The molecule has 3 rings (SSSR count). The first-order valence-corrected chi connectivity index (χ1v) is 8.71. The van der Waals surface area contributed by atoms with Gasteiger partial charge in [-0.1, -0.05) is 41.0 Å². The third-order valence-corrected chi connectivity index (χ3v) is 4.74. The van der Waals surface area contributed by atoms with Gasteiger partial charge in [0.2, 0.25) is 5.91 Å². The predicted octanol–water partition coefficient (Wildman–Crippen LogP) is 4.61. The molecule has 8 heteroatoms. The van der Waals surface area contributed by atoms with E-state index in [1.54, 1.807) is 25.3 Å². The second-order valence-electron chi connectivity index (χ2n) is 4.86. The van der Waals surface area contributed by atoms with Crippen molar-refractivity contribution >= 4 is 57.6 Å². The van der Waals surface area contributed by atoms with Gasteiger partial charge in [0.15, 0.2) is 5.16 Å². The smallest absolute Gasteiger partial charge is 0.234 e. The number of anilines is 1. The van der Waals surface area contributed by atoms with Crippen LogP contribution >= 0.6 is 35.0 Å². The summed E-state index contributed by atoms with van der Waals surface area (Å²) in [4.78, 5) is 19.7. The fourth-order valence-corrected chi connectivity index (χ4v) is 3.26. The predicted molar refractivity (Wildman–Crippen MR) is 98.5 cm³/mol. The first-order chi connectivity index (χ1) is 11.6. The van der Waals surface area contributed by atoms with E-state index in [1.165, 1.54) is 11.8 Å². The van der Waals surface area contributed by atoms with E-state index in [2.05, 4.69) is 15.3 Å². The van der Waals surface area contributed by atoms with Gasteiger partial charge >= 0.3 is 0 Å². The molecule has 0 unspecified atom stereocenters. The second-order valence-corrected chi connectivity index (χ2v) is 6.64. The molecule has 0 aliphatic heterocycles. The van der Waals surface area contributed by atoms with Crippen LogP contribution in [0.3, 0.4) is 0 Å². The zero-order chi connectivity index (χ0) is 17.1. The standard InChI is InChI=1S/C16H13Cl2N3O2S/c1-23-9-5-6-12-13(7-9)20-16(19-12)24-8-14(22)21-15-10(17)3-2-4-11(15)18/h2-7H,8H2,1H3,(H,19,20)(H,21,22). The van der Waals surface area contributed by atoms with Crippen molar-refractivity contribution in [1.29, 1.82) is 0 Å². The summed E-state index contributed by atoms with van der Waals surface area (Å²) < 4.78 is 5.17. The number of imidazole rings is 1. The molecule has 3 aromatic rings. The Bertz CT molecular complexity index is 878. The summed E-state index contributed by atoms with van der Waals surface area (Å²) in [6.07, 6.45) is 0. The van der Waals surface area contributed by atoms with Crippen molar-refractivity contribution in [3.05, 3.63) is 46.4 Å². The van der Waals surface area contributed by atoms with Gasteiger partial charge in [0.1, 0.15) is 5.75 Å². The molecule has 0 radical (unpaired) electrons. The van der Waals surface area contributed by atoms with E-state index in [0.29, 0.717) is 20.9 Å². The molecule has 0 saturated heterocycles. The Labute approximate surface area is 152 Å². The molecule has 0 bridgehead atoms. The molecule has 0 aliphatic carbocycles. The Morgan fingerprint density at radius 3 is 2.75 bits per heavy atom. The van der Waals surface area contributed by atoms with Crippen LogP contribution < -0.4 is 10.1 Å². The highest BCUT2D eigenvalue weighted by molar-refractivity contribution is 7.99. The zero-order valence-electron chi connectivity index (χ0n) is 12.6. The minimum absolute atomic E-state index is 0.179. The fourth-order valence-electron chi connectivity index (χ4n) is 2.09. The highest BCUT2D eigenvalue weighted by Crippen LogP contribution is 2.30. The minimum atomic E-state index is -0.215. The number of aromatic amines is 1. The lowest BCUT2D eigenvalue weighted by atomic mass is 10.3. The minimum Gasteiger partial charge on any atom is -0.497 e. The van der Waals surface area contributed by atoms with Crippen LogP contribution in [-0.4, -0.2) is 28.7 Å². The fraction of sp³-hybridized carbons (Fsp3) is 0.125. The van der Waals surface area contributed by atoms with E-state index >= 15 is 0 Å². The summed E-state index contributed by atoms with van der Waals surface area (Å²) >= 11 is 13.4. The highest BCUT2D eigenvalue weighted by Gasteiger charge is 2.11. The van der Waals surface area contributed by atoms with Crippen LogP contribution in [0.15, 0.2) is 41.6 Å². The number of carbonyl (C=O) groups is 1. The van der Waals surface area contributed by atoms with Crippen molar-refractivity contribution in [1.82, 2.24) is 9.97 Å². The number of hydrogen-bond donors (Lipinski definition) is 2. The molecule has 0 fully saturated rings. The van der Waals surface area contributed by atoms with Crippen molar-refractivity contribution < 1.29 is 9.53 Å². The van der Waals surface area contributed by atoms with Gasteiger partial charge in [-0.3, -0.25) is 4.79 Å². The number of para-hydroxylation sites is 1. The Hall–Kier alpha value is -1.89. The van der Waals surface area contributed by atoms with Gasteiger partial charge in [0, 0.05) is 6.07 Å². The first-order valence-electron chi connectivity index (χ1n) is 6.97. The van der Waals surface area contributed by atoms with Gasteiger partial charge < -0.3 is 15.0 Å². The lowest BCUT2D eigenvalue weighted by Crippen LogP contribution is -2.14. The van der Waals surface area contributed by atoms with Gasteiger partial charge in [-0.25, -0.2) is 4.98 Å². The SMILES string of the molecule is COc1ccc2nc(SCC(=O)Nc3c(Cl)cccc3Cl)[nH]c2c1. The summed E-state index contributed by atoms with van der Waals surface area (Å²) in [6, 6.07) is 10.6. The molecule has 0 saturated carbocycles. The van der Waals surface area contributed by atoms with E-state index in [-0.39, 0.29) is 11.7 Å². The second kappa shape index (κ2) is 7.34. The van der Waals surface area contributed by atoms with Crippen LogP contribution in [-0.2, 0) is 4.79 Å². The Morgan fingerprint density at radius 2 is 2.04 bits per heavy atom. The molecule has 1 aromatic heterocycles. The summed E-state index contributed by atoms with van der Waals surface area (Å²) in [6.45, 7) is 0. The maximum atomic E-state index is 12.1. The number of amides is 1. The molecule has 24 heavy (non-hydrogen) atoms. The molecule has 1 heterocycles. The van der Waals surface area contributed by atoms with Crippen molar-refractivity contribution in [3.8, 4) is 5.75 Å². The molecule has 0 aliphatic rings. The number of H-pyrrole nitrogens is 1. The Morgan fingerprint density at radius 1 is 1.29 bits per heavy atom. The average Bonchev–Trinajstić information content (AvgIpc) is 2.98. The number of carbonyl (C=O) groups excluding carboxylic acids is 1. The maximum Gasteiger partial charge on any atom is 0.234 e. The molecule has 1 amide bonds. The molecule has 5 nitrogen and oxygen atoms in total. The molecular weight excluding hydrogens is 369 g/mol. The van der Waals surface area contributed by atoms with E-state index in [0.717, 1.165) is 16.8 Å². The van der Waals surface area contributed by atoms with Gasteiger partial charge in [-0.15, -0.1) is 0 Å². The summed E-state index contributed by atoms with van der Waals surface area (Å²) in [5.41, 5.74) is 2.08. The van der Waals surface area contributed by atoms with Crippen molar-refractivity contribution in [3.63, 3.8) is 0 Å². The number of fused-ring (bicyclic) bond motifs is 1. The van der Waals surface area contributed by atoms with Crippen LogP contribution in [0, 0.1) is 0 Å². The molecular formula is C16H13Cl2N3O2S. The molecule has 0 atom stereocenters. The van der Waals surface area contributed by atoms with Crippen LogP contribution in [0.2, 0.25) is 10.0 Å². The lowest BCUT2D eigenvalue weighted by molar-refractivity contribution is -0.113. The Balaban J connectivity index is 1.66. The van der Waals surface area contributed by atoms with Crippen LogP contribution in [0.1, 0.15) is 0 Å². The summed E-state index contributed by atoms with van der Waals surface area (Å²) in [5.74, 6) is 0.709. The normalized spacial score (nSPS) is 10.8. The number of aromatic nitrogens is 2. The quantitative estimate of drug-likeness (QED) is 0.633. The maximum absolute atomic E-state index is 12.1. The van der Waals surface area contributed by atoms with E-state index < -0.39 is 0 Å². The van der Waals surface area contributed by atoms with Crippen LogP contribution in [0.25, 0.3) is 11.0 Å². The zero-order valence-corrected chi connectivity index (χ0v) is 14.9. The van der Waals surface area contributed by atoms with Gasteiger partial charge in [0.05, 0.1) is 39.6 Å². The number of rotatable bonds is 5. The average molecular weight is 382 g/mol. The third kappa shape index (κ3) is 3.77. The number of nitrogens with one attached hydrogen (secondary N) is 2. The van der Waals surface area contributed by atoms with E-state index in [1.807, 2.05) is 18.2 Å². The number of thioether (sulfide) groups is 1. The number of benzene rings is 2. The van der Waals surface area contributed by atoms with E-state index in [4.69, 9.17) is 27.9 Å². The van der Waals surface area contributed by atoms with Crippen molar-refractivity contribution in [2.75, 3.05) is 18.2 Å². The van der Waals surface area contributed by atoms with Crippen LogP contribution in [0.5, 0.6) is 5.75 Å². The molecule has 2 N–H and O–H groups in total. The number of halogens is 2. The van der Waals surface area contributed by atoms with Crippen molar-refractivity contribution in [2.45, 2.75) is 5.16 Å². The van der Waals surface area contributed by atoms with Crippen LogP contribution in [0.4, 0.5) is 5.69 Å². The monoisotopic (exact) mass is 381 g/mol. The molecule has 124 valence electrons. The first kappa shape index (κ1) is 17.0. The highest BCUT2D eigenvalue weighted by atomic mass is 35.5. The number of ether oxygens (including phenoxy) is 1.